The normalized spacial score (nSPS) is 10.3. The van der Waals surface area contributed by atoms with Gasteiger partial charge < -0.3 is 10.1 Å². The molecule has 0 aliphatic carbocycles. The van der Waals surface area contributed by atoms with Crippen LogP contribution in [-0.2, 0) is 14.3 Å². The van der Waals surface area contributed by atoms with E-state index in [4.69, 9.17) is 16.3 Å². The maximum Gasteiger partial charge on any atom is 0.316 e. The number of carbonyl (C=O) groups excluding carboxylic acids is 2. The summed E-state index contributed by atoms with van der Waals surface area (Å²) in [5.41, 5.74) is 2.86. The number of thioether (sulfide) groups is 1. The minimum Gasteiger partial charge on any atom is -0.455 e. The van der Waals surface area contributed by atoms with E-state index in [0.29, 0.717) is 10.7 Å². The second-order valence-electron chi connectivity index (χ2n) is 5.28. The highest BCUT2D eigenvalue weighted by Crippen LogP contribution is 2.23. The second-order valence-corrected chi connectivity index (χ2v) is 6.73. The van der Waals surface area contributed by atoms with Crippen molar-refractivity contribution < 1.29 is 14.3 Å². The van der Waals surface area contributed by atoms with E-state index in [1.807, 2.05) is 26.0 Å². The van der Waals surface area contributed by atoms with E-state index in [-0.39, 0.29) is 12.4 Å². The highest BCUT2D eigenvalue weighted by molar-refractivity contribution is 8.00. The van der Waals surface area contributed by atoms with E-state index >= 15 is 0 Å². The summed E-state index contributed by atoms with van der Waals surface area (Å²) in [4.78, 5) is 24.5. The average Bonchev–Trinajstić information content (AvgIpc) is 2.52. The first kappa shape index (κ1) is 18.4. The van der Waals surface area contributed by atoms with E-state index in [9.17, 15) is 9.59 Å². The van der Waals surface area contributed by atoms with E-state index < -0.39 is 11.9 Å². The summed E-state index contributed by atoms with van der Waals surface area (Å²) in [6.07, 6.45) is 0. The van der Waals surface area contributed by atoms with E-state index in [2.05, 4.69) is 11.4 Å². The van der Waals surface area contributed by atoms with Gasteiger partial charge in [0.1, 0.15) is 0 Å². The molecule has 1 amide bonds. The first-order chi connectivity index (χ1) is 11.4. The number of ether oxygens (including phenoxy) is 1. The van der Waals surface area contributed by atoms with Gasteiger partial charge >= 0.3 is 5.97 Å². The van der Waals surface area contributed by atoms with Gasteiger partial charge in [0.05, 0.1) is 5.75 Å². The molecule has 1 N–H and O–H groups in total. The zero-order valence-electron chi connectivity index (χ0n) is 13.5. The summed E-state index contributed by atoms with van der Waals surface area (Å²) in [6.45, 7) is 3.70. The van der Waals surface area contributed by atoms with Gasteiger partial charge in [0.25, 0.3) is 5.91 Å². The molecule has 0 saturated carbocycles. The van der Waals surface area contributed by atoms with Crippen molar-refractivity contribution in [1.29, 1.82) is 0 Å². The maximum atomic E-state index is 11.8. The van der Waals surface area contributed by atoms with Gasteiger partial charge in [-0.3, -0.25) is 9.59 Å². The summed E-state index contributed by atoms with van der Waals surface area (Å²) >= 11 is 7.24. The number of hydrogen-bond donors (Lipinski definition) is 1. The molecule has 0 saturated heterocycles. The quantitative estimate of drug-likeness (QED) is 0.616. The monoisotopic (exact) mass is 363 g/mol. The molecule has 126 valence electrons. The number of nitrogens with one attached hydrogen (secondary N) is 1. The fourth-order valence-corrected chi connectivity index (χ4v) is 3.05. The molecule has 0 heterocycles. The van der Waals surface area contributed by atoms with Crippen LogP contribution in [0.5, 0.6) is 0 Å². The molecule has 0 aliphatic heterocycles. The molecular weight excluding hydrogens is 346 g/mol. The van der Waals surface area contributed by atoms with Gasteiger partial charge in [-0.2, -0.15) is 0 Å². The lowest BCUT2D eigenvalue weighted by Crippen LogP contribution is -2.21. The van der Waals surface area contributed by atoms with Gasteiger partial charge in [-0.15, -0.1) is 11.8 Å². The third-order valence-corrected chi connectivity index (χ3v) is 4.53. The van der Waals surface area contributed by atoms with Crippen LogP contribution in [0.1, 0.15) is 11.1 Å². The van der Waals surface area contributed by atoms with E-state index in [0.717, 1.165) is 10.5 Å². The van der Waals surface area contributed by atoms with Crippen molar-refractivity contribution >= 4 is 40.9 Å². The van der Waals surface area contributed by atoms with E-state index in [1.54, 1.807) is 24.3 Å². The van der Waals surface area contributed by atoms with Crippen LogP contribution in [0.4, 0.5) is 5.69 Å². The van der Waals surface area contributed by atoms with Gasteiger partial charge in [-0.25, -0.2) is 0 Å². The standard InChI is InChI=1S/C18H18ClNO3S/c1-12-6-7-16(13(2)8-12)24-11-18(22)23-10-17(21)20-15-5-3-4-14(19)9-15/h3-9H,10-11H2,1-2H3,(H,20,21). The summed E-state index contributed by atoms with van der Waals surface area (Å²) in [5.74, 6) is -0.669. The molecule has 6 heteroatoms. The number of anilines is 1. The van der Waals surface area contributed by atoms with Crippen molar-refractivity contribution in [3.63, 3.8) is 0 Å². The SMILES string of the molecule is Cc1ccc(SCC(=O)OCC(=O)Nc2cccc(Cl)c2)c(C)c1. The lowest BCUT2D eigenvalue weighted by molar-refractivity contribution is -0.144. The third kappa shape index (κ3) is 5.91. The molecule has 0 atom stereocenters. The number of benzene rings is 2. The number of carbonyl (C=O) groups is 2. The van der Waals surface area contributed by atoms with Crippen LogP contribution in [0.25, 0.3) is 0 Å². The number of rotatable bonds is 6. The minimum absolute atomic E-state index is 0.161. The zero-order chi connectivity index (χ0) is 17.5. The molecular formula is C18H18ClNO3S. The Balaban J connectivity index is 1.75. The zero-order valence-corrected chi connectivity index (χ0v) is 15.0. The predicted molar refractivity (Wildman–Crippen MR) is 97.7 cm³/mol. The molecule has 24 heavy (non-hydrogen) atoms. The third-order valence-electron chi connectivity index (χ3n) is 3.15. The molecule has 0 unspecified atom stereocenters. The van der Waals surface area contributed by atoms with Crippen LogP contribution in [0.3, 0.4) is 0 Å². The van der Waals surface area contributed by atoms with Crippen molar-refractivity contribution in [2.24, 2.45) is 0 Å². The summed E-state index contributed by atoms with van der Waals surface area (Å²) < 4.78 is 4.99. The topological polar surface area (TPSA) is 55.4 Å². The lowest BCUT2D eigenvalue weighted by Gasteiger charge is -2.08. The van der Waals surface area contributed by atoms with Crippen LogP contribution in [0, 0.1) is 13.8 Å². The Kier molecular flexibility index (Phi) is 6.70. The van der Waals surface area contributed by atoms with Gasteiger partial charge in [-0.1, -0.05) is 35.4 Å². The summed E-state index contributed by atoms with van der Waals surface area (Å²) in [5, 5.41) is 3.14. The maximum absolute atomic E-state index is 11.8. The van der Waals surface area contributed by atoms with Gasteiger partial charge in [-0.05, 0) is 43.7 Å². The predicted octanol–water partition coefficient (Wildman–Crippen LogP) is 4.23. The Labute approximate surface area is 150 Å². The van der Waals surface area contributed by atoms with Crippen molar-refractivity contribution in [3.8, 4) is 0 Å². The molecule has 2 rings (SSSR count). The highest BCUT2D eigenvalue weighted by Gasteiger charge is 2.10. The van der Waals surface area contributed by atoms with Crippen LogP contribution in [0.15, 0.2) is 47.4 Å². The van der Waals surface area contributed by atoms with E-state index in [1.165, 1.54) is 17.3 Å². The van der Waals surface area contributed by atoms with Crippen molar-refractivity contribution in [2.75, 3.05) is 17.7 Å². The molecule has 2 aromatic rings. The van der Waals surface area contributed by atoms with Gasteiger partial charge in [0, 0.05) is 15.6 Å². The van der Waals surface area contributed by atoms with Crippen LogP contribution in [0.2, 0.25) is 5.02 Å². The Hall–Kier alpha value is -1.98. The lowest BCUT2D eigenvalue weighted by atomic mass is 10.2. The molecule has 0 radical (unpaired) electrons. The highest BCUT2D eigenvalue weighted by atomic mass is 35.5. The van der Waals surface area contributed by atoms with Crippen molar-refractivity contribution in [3.05, 3.63) is 58.6 Å². The number of esters is 1. The minimum atomic E-state index is -0.429. The average molecular weight is 364 g/mol. The molecule has 0 aliphatic rings. The fraction of sp³-hybridized carbons (Fsp3) is 0.222. The smallest absolute Gasteiger partial charge is 0.316 e. The Morgan fingerprint density at radius 3 is 2.67 bits per heavy atom. The molecule has 4 nitrogen and oxygen atoms in total. The first-order valence-electron chi connectivity index (χ1n) is 7.35. The fourth-order valence-electron chi connectivity index (χ4n) is 2.05. The molecule has 0 fully saturated rings. The molecule has 2 aromatic carbocycles. The molecule has 0 aromatic heterocycles. The van der Waals surface area contributed by atoms with Gasteiger partial charge in [0.2, 0.25) is 0 Å². The first-order valence-corrected chi connectivity index (χ1v) is 8.71. The van der Waals surface area contributed by atoms with Crippen molar-refractivity contribution in [1.82, 2.24) is 0 Å². The number of aryl methyl sites for hydroxylation is 2. The summed E-state index contributed by atoms with van der Waals surface area (Å²) in [6, 6.07) is 12.8. The van der Waals surface area contributed by atoms with Crippen LogP contribution in [-0.4, -0.2) is 24.2 Å². The second kappa shape index (κ2) is 8.76. The van der Waals surface area contributed by atoms with Crippen LogP contribution >= 0.6 is 23.4 Å². The Morgan fingerprint density at radius 1 is 1.17 bits per heavy atom. The molecule has 0 bridgehead atoms. The largest absolute Gasteiger partial charge is 0.455 e. The Bertz CT molecular complexity index is 749. The van der Waals surface area contributed by atoms with Gasteiger partial charge in [0.15, 0.2) is 6.61 Å². The number of amides is 1. The number of halogens is 1. The Morgan fingerprint density at radius 2 is 1.96 bits per heavy atom. The van der Waals surface area contributed by atoms with Crippen LogP contribution < -0.4 is 5.32 Å². The summed E-state index contributed by atoms with van der Waals surface area (Å²) in [7, 11) is 0. The molecule has 0 spiro atoms. The number of hydrogen-bond acceptors (Lipinski definition) is 4. The van der Waals surface area contributed by atoms with Crippen molar-refractivity contribution in [2.45, 2.75) is 18.7 Å².